The minimum atomic E-state index is -4.93. The van der Waals surface area contributed by atoms with Crippen LogP contribution in [0.4, 0.5) is 13.2 Å². The summed E-state index contributed by atoms with van der Waals surface area (Å²) in [5, 5.41) is 8.92. The summed E-state index contributed by atoms with van der Waals surface area (Å²) in [7, 11) is -2.91. The lowest BCUT2D eigenvalue weighted by Crippen LogP contribution is -2.20. The Bertz CT molecular complexity index is 623. The highest BCUT2D eigenvalue weighted by Crippen LogP contribution is 2.23. The third kappa shape index (κ3) is 4.90. The van der Waals surface area contributed by atoms with E-state index in [1.165, 1.54) is 7.11 Å². The standard InChI is InChI=1S/C11H11F3O6S/c1-19-9-3-2-7(6-8(9)10(15)16)21(17,18)5-4-20-11(12,13)14/h2-3,6H,4-5H2,1H3,(H,15,16). The van der Waals surface area contributed by atoms with Crippen molar-refractivity contribution in [3.63, 3.8) is 0 Å². The van der Waals surface area contributed by atoms with Crippen molar-refractivity contribution in [1.82, 2.24) is 0 Å². The number of alkyl halides is 3. The Hall–Kier alpha value is -1.81. The van der Waals surface area contributed by atoms with Crippen LogP contribution in [0.2, 0.25) is 0 Å². The fourth-order valence-electron chi connectivity index (χ4n) is 1.43. The number of aromatic carboxylic acids is 1. The normalized spacial score (nSPS) is 12.2. The number of sulfone groups is 1. The molecule has 21 heavy (non-hydrogen) atoms. The molecule has 118 valence electrons. The Morgan fingerprint density at radius 2 is 1.95 bits per heavy atom. The van der Waals surface area contributed by atoms with Gasteiger partial charge in [-0.3, -0.25) is 4.74 Å². The highest BCUT2D eigenvalue weighted by atomic mass is 32.2. The van der Waals surface area contributed by atoms with Gasteiger partial charge in [-0.25, -0.2) is 13.2 Å². The number of hydrogen-bond donors (Lipinski definition) is 1. The molecule has 0 bridgehead atoms. The van der Waals surface area contributed by atoms with Crippen molar-refractivity contribution in [1.29, 1.82) is 0 Å². The fourth-order valence-corrected chi connectivity index (χ4v) is 2.54. The van der Waals surface area contributed by atoms with Gasteiger partial charge >= 0.3 is 12.3 Å². The van der Waals surface area contributed by atoms with Gasteiger partial charge in [0.15, 0.2) is 9.84 Å². The molecule has 10 heteroatoms. The zero-order valence-electron chi connectivity index (χ0n) is 10.7. The molecule has 0 atom stereocenters. The van der Waals surface area contributed by atoms with Gasteiger partial charge in [0.25, 0.3) is 0 Å². The van der Waals surface area contributed by atoms with Crippen LogP contribution in [0.15, 0.2) is 23.1 Å². The number of carboxylic acids is 1. The van der Waals surface area contributed by atoms with Gasteiger partial charge in [0.05, 0.1) is 24.4 Å². The van der Waals surface area contributed by atoms with E-state index in [1.54, 1.807) is 0 Å². The summed E-state index contributed by atoms with van der Waals surface area (Å²) in [4.78, 5) is 10.5. The average Bonchev–Trinajstić information content (AvgIpc) is 2.35. The number of methoxy groups -OCH3 is 1. The van der Waals surface area contributed by atoms with Gasteiger partial charge in [-0.2, -0.15) is 0 Å². The quantitative estimate of drug-likeness (QED) is 0.855. The topological polar surface area (TPSA) is 89.9 Å². The predicted molar refractivity (Wildman–Crippen MR) is 64.0 cm³/mol. The summed E-state index contributed by atoms with van der Waals surface area (Å²) in [5.41, 5.74) is -0.407. The molecule has 1 N–H and O–H groups in total. The lowest BCUT2D eigenvalue weighted by molar-refractivity contribution is -0.322. The number of hydrogen-bond acceptors (Lipinski definition) is 5. The number of ether oxygens (including phenoxy) is 2. The number of rotatable bonds is 6. The molecule has 0 saturated heterocycles. The maximum absolute atomic E-state index is 11.8. The molecule has 0 amide bonds. The highest BCUT2D eigenvalue weighted by Gasteiger charge is 2.30. The first-order chi connectivity index (χ1) is 9.57. The molecule has 1 aromatic carbocycles. The van der Waals surface area contributed by atoms with Gasteiger partial charge in [-0.15, -0.1) is 13.2 Å². The van der Waals surface area contributed by atoms with Crippen LogP contribution in [0.3, 0.4) is 0 Å². The molecule has 6 nitrogen and oxygen atoms in total. The lowest BCUT2D eigenvalue weighted by atomic mass is 10.2. The zero-order chi connectivity index (χ0) is 16.3. The van der Waals surface area contributed by atoms with Crippen LogP contribution >= 0.6 is 0 Å². The van der Waals surface area contributed by atoms with E-state index in [2.05, 4.69) is 4.74 Å². The first-order valence-corrected chi connectivity index (χ1v) is 7.07. The van der Waals surface area contributed by atoms with E-state index < -0.39 is 45.0 Å². The van der Waals surface area contributed by atoms with Crippen molar-refractivity contribution >= 4 is 15.8 Å². The van der Waals surface area contributed by atoms with Crippen LogP contribution in [0.25, 0.3) is 0 Å². The molecule has 1 rings (SSSR count). The van der Waals surface area contributed by atoms with E-state index in [0.717, 1.165) is 18.2 Å². The summed E-state index contributed by atoms with van der Waals surface area (Å²) in [6.07, 6.45) is -4.93. The van der Waals surface area contributed by atoms with E-state index in [-0.39, 0.29) is 5.75 Å². The SMILES string of the molecule is COc1ccc(S(=O)(=O)CCOC(F)(F)F)cc1C(=O)O. The van der Waals surface area contributed by atoms with E-state index in [4.69, 9.17) is 9.84 Å². The average molecular weight is 328 g/mol. The zero-order valence-corrected chi connectivity index (χ0v) is 11.5. The second-order valence-corrected chi connectivity index (χ2v) is 5.89. The second kappa shape index (κ2) is 6.31. The summed E-state index contributed by atoms with van der Waals surface area (Å²) in [6.45, 7) is -1.08. The molecule has 0 aromatic heterocycles. The van der Waals surface area contributed by atoms with E-state index in [1.807, 2.05) is 0 Å². The Labute approximate surface area is 118 Å². The molecule has 0 heterocycles. The number of halogens is 3. The maximum atomic E-state index is 11.8. The lowest BCUT2D eigenvalue weighted by Gasteiger charge is -2.10. The van der Waals surface area contributed by atoms with Gasteiger partial charge in [0.2, 0.25) is 0 Å². The molecule has 0 saturated carbocycles. The summed E-state index contributed by atoms with van der Waals surface area (Å²) < 4.78 is 67.1. The van der Waals surface area contributed by atoms with Gasteiger partial charge < -0.3 is 9.84 Å². The van der Waals surface area contributed by atoms with Crippen molar-refractivity contribution in [2.45, 2.75) is 11.3 Å². The Morgan fingerprint density at radius 1 is 1.33 bits per heavy atom. The van der Waals surface area contributed by atoms with Gasteiger partial charge in [-0.05, 0) is 18.2 Å². The minimum absolute atomic E-state index is 0.0620. The largest absolute Gasteiger partial charge is 0.522 e. The molecule has 0 fully saturated rings. The third-order valence-corrected chi connectivity index (χ3v) is 4.05. The minimum Gasteiger partial charge on any atom is -0.496 e. The molecule has 0 spiro atoms. The van der Waals surface area contributed by atoms with E-state index >= 15 is 0 Å². The molecule has 1 aromatic rings. The summed E-state index contributed by atoms with van der Waals surface area (Å²) in [6, 6.07) is 2.99. The molecular formula is C11H11F3O6S. The monoisotopic (exact) mass is 328 g/mol. The molecule has 0 aliphatic heterocycles. The molecule has 0 unspecified atom stereocenters. The van der Waals surface area contributed by atoms with Crippen molar-refractivity contribution in [2.24, 2.45) is 0 Å². The molecule has 0 aliphatic carbocycles. The fraction of sp³-hybridized carbons (Fsp3) is 0.364. The number of carbonyl (C=O) groups is 1. The van der Waals surface area contributed by atoms with Crippen LogP contribution in [0.1, 0.15) is 10.4 Å². The first kappa shape index (κ1) is 17.2. The van der Waals surface area contributed by atoms with Gasteiger partial charge in [-0.1, -0.05) is 0 Å². The number of benzene rings is 1. The number of carboxylic acid groups (broad SMARTS) is 1. The Kier molecular flexibility index (Phi) is 5.18. The van der Waals surface area contributed by atoms with Crippen molar-refractivity contribution in [3.05, 3.63) is 23.8 Å². The van der Waals surface area contributed by atoms with Crippen LogP contribution in [0, 0.1) is 0 Å². The van der Waals surface area contributed by atoms with Crippen molar-refractivity contribution < 1.29 is 41.0 Å². The van der Waals surface area contributed by atoms with Gasteiger partial charge in [0.1, 0.15) is 11.3 Å². The third-order valence-electron chi connectivity index (χ3n) is 2.38. The van der Waals surface area contributed by atoms with Gasteiger partial charge in [0, 0.05) is 0 Å². The predicted octanol–water partition coefficient (Wildman–Crippen LogP) is 1.70. The first-order valence-electron chi connectivity index (χ1n) is 5.41. The van der Waals surface area contributed by atoms with Crippen molar-refractivity contribution in [2.75, 3.05) is 19.5 Å². The van der Waals surface area contributed by atoms with E-state index in [9.17, 15) is 26.4 Å². The van der Waals surface area contributed by atoms with E-state index in [0.29, 0.717) is 0 Å². The Balaban J connectivity index is 2.99. The smallest absolute Gasteiger partial charge is 0.496 e. The highest BCUT2D eigenvalue weighted by molar-refractivity contribution is 7.91. The molecule has 0 aliphatic rings. The maximum Gasteiger partial charge on any atom is 0.522 e. The molecule has 0 radical (unpaired) electrons. The summed E-state index contributed by atoms with van der Waals surface area (Å²) in [5.74, 6) is -2.42. The molecular weight excluding hydrogens is 317 g/mol. The second-order valence-electron chi connectivity index (χ2n) is 3.78. The van der Waals surface area contributed by atoms with Crippen molar-refractivity contribution in [3.8, 4) is 5.75 Å². The van der Waals surface area contributed by atoms with Crippen LogP contribution in [-0.4, -0.2) is 45.3 Å². The Morgan fingerprint density at radius 3 is 2.43 bits per heavy atom. The van der Waals surface area contributed by atoms with Crippen LogP contribution in [0.5, 0.6) is 5.75 Å². The van der Waals surface area contributed by atoms with Crippen LogP contribution < -0.4 is 4.74 Å². The summed E-state index contributed by atoms with van der Waals surface area (Å²) >= 11 is 0. The van der Waals surface area contributed by atoms with Crippen LogP contribution in [-0.2, 0) is 14.6 Å².